The van der Waals surface area contributed by atoms with Gasteiger partial charge in [0.1, 0.15) is 6.04 Å². The van der Waals surface area contributed by atoms with Crippen molar-refractivity contribution in [2.24, 2.45) is 5.73 Å². The standard InChI is InChI=1S/C15H21NO2/c16-14(15(17)18)10-12-8-4-5-9-13(12)11-6-2-1-3-7-11/h4-5,8-9,11,14H,1-3,6-7,10,16H2,(H,17,18). The van der Waals surface area contributed by atoms with E-state index in [4.69, 9.17) is 10.8 Å². The van der Waals surface area contributed by atoms with Crippen LogP contribution in [0.4, 0.5) is 0 Å². The van der Waals surface area contributed by atoms with Crippen molar-refractivity contribution >= 4 is 5.97 Å². The Morgan fingerprint density at radius 1 is 1.28 bits per heavy atom. The third-order valence-corrected chi connectivity index (χ3v) is 3.86. The van der Waals surface area contributed by atoms with Gasteiger partial charge in [0.2, 0.25) is 0 Å². The Morgan fingerprint density at radius 3 is 2.61 bits per heavy atom. The second-order valence-electron chi connectivity index (χ2n) is 5.18. The van der Waals surface area contributed by atoms with Crippen molar-refractivity contribution in [2.45, 2.75) is 50.5 Å². The Labute approximate surface area is 108 Å². The minimum absolute atomic E-state index is 0.433. The van der Waals surface area contributed by atoms with E-state index in [1.807, 2.05) is 18.2 Å². The van der Waals surface area contributed by atoms with E-state index < -0.39 is 12.0 Å². The first-order valence-corrected chi connectivity index (χ1v) is 6.74. The van der Waals surface area contributed by atoms with Gasteiger partial charge in [-0.2, -0.15) is 0 Å². The highest BCUT2D eigenvalue weighted by atomic mass is 16.4. The maximum absolute atomic E-state index is 10.9. The van der Waals surface area contributed by atoms with Gasteiger partial charge in [0.15, 0.2) is 0 Å². The van der Waals surface area contributed by atoms with E-state index in [0.717, 1.165) is 5.56 Å². The number of hydrogen-bond donors (Lipinski definition) is 2. The van der Waals surface area contributed by atoms with E-state index in [9.17, 15) is 4.79 Å². The largest absolute Gasteiger partial charge is 0.480 e. The summed E-state index contributed by atoms with van der Waals surface area (Å²) in [5.41, 5.74) is 8.07. The van der Waals surface area contributed by atoms with Crippen LogP contribution in [-0.4, -0.2) is 17.1 Å². The number of carboxylic acid groups (broad SMARTS) is 1. The quantitative estimate of drug-likeness (QED) is 0.859. The molecular formula is C15H21NO2. The summed E-state index contributed by atoms with van der Waals surface area (Å²) >= 11 is 0. The normalized spacial score (nSPS) is 18.5. The van der Waals surface area contributed by atoms with Crippen LogP contribution in [0.3, 0.4) is 0 Å². The van der Waals surface area contributed by atoms with Gasteiger partial charge in [0, 0.05) is 0 Å². The highest BCUT2D eigenvalue weighted by Crippen LogP contribution is 2.34. The van der Waals surface area contributed by atoms with Gasteiger partial charge in [-0.1, -0.05) is 43.5 Å². The van der Waals surface area contributed by atoms with E-state index in [1.54, 1.807) is 0 Å². The second kappa shape index (κ2) is 6.01. The molecule has 3 heteroatoms. The molecule has 1 aromatic rings. The molecule has 1 saturated carbocycles. The lowest BCUT2D eigenvalue weighted by atomic mass is 9.81. The van der Waals surface area contributed by atoms with E-state index in [-0.39, 0.29) is 0 Å². The highest BCUT2D eigenvalue weighted by molar-refractivity contribution is 5.73. The predicted molar refractivity (Wildman–Crippen MR) is 71.6 cm³/mol. The Balaban J connectivity index is 2.16. The van der Waals surface area contributed by atoms with Crippen LogP contribution < -0.4 is 5.73 Å². The van der Waals surface area contributed by atoms with E-state index in [2.05, 4.69) is 6.07 Å². The summed E-state index contributed by atoms with van der Waals surface area (Å²) < 4.78 is 0. The van der Waals surface area contributed by atoms with Gasteiger partial charge in [-0.15, -0.1) is 0 Å². The second-order valence-corrected chi connectivity index (χ2v) is 5.18. The van der Waals surface area contributed by atoms with Gasteiger partial charge in [-0.05, 0) is 36.3 Å². The smallest absolute Gasteiger partial charge is 0.320 e. The lowest BCUT2D eigenvalue weighted by Crippen LogP contribution is -2.32. The number of aliphatic carboxylic acids is 1. The third-order valence-electron chi connectivity index (χ3n) is 3.86. The summed E-state index contributed by atoms with van der Waals surface area (Å²) in [5, 5.41) is 8.92. The number of rotatable bonds is 4. The number of hydrogen-bond acceptors (Lipinski definition) is 2. The molecule has 0 heterocycles. The molecule has 3 N–H and O–H groups in total. The van der Waals surface area contributed by atoms with Crippen molar-refractivity contribution in [1.29, 1.82) is 0 Å². The van der Waals surface area contributed by atoms with Crippen LogP contribution in [0, 0.1) is 0 Å². The van der Waals surface area contributed by atoms with Crippen LogP contribution in [0.25, 0.3) is 0 Å². The van der Waals surface area contributed by atoms with Crippen LogP contribution in [-0.2, 0) is 11.2 Å². The summed E-state index contributed by atoms with van der Waals surface area (Å²) in [6.07, 6.45) is 6.77. The fourth-order valence-corrected chi connectivity index (χ4v) is 2.86. The van der Waals surface area contributed by atoms with Crippen molar-refractivity contribution in [3.05, 3.63) is 35.4 Å². The zero-order chi connectivity index (χ0) is 13.0. The molecule has 0 bridgehead atoms. The third kappa shape index (κ3) is 3.10. The van der Waals surface area contributed by atoms with E-state index >= 15 is 0 Å². The molecule has 0 amide bonds. The van der Waals surface area contributed by atoms with Crippen molar-refractivity contribution in [3.8, 4) is 0 Å². The number of carboxylic acids is 1. The fourth-order valence-electron chi connectivity index (χ4n) is 2.86. The molecular weight excluding hydrogens is 226 g/mol. The molecule has 1 unspecified atom stereocenters. The molecule has 3 nitrogen and oxygen atoms in total. The fraction of sp³-hybridized carbons (Fsp3) is 0.533. The molecule has 0 radical (unpaired) electrons. The molecule has 2 rings (SSSR count). The molecule has 0 saturated heterocycles. The highest BCUT2D eigenvalue weighted by Gasteiger charge is 2.20. The summed E-state index contributed by atoms with van der Waals surface area (Å²) in [4.78, 5) is 10.9. The van der Waals surface area contributed by atoms with Gasteiger partial charge < -0.3 is 10.8 Å². The lowest BCUT2D eigenvalue weighted by Gasteiger charge is -2.24. The molecule has 1 fully saturated rings. The molecule has 1 aromatic carbocycles. The minimum atomic E-state index is -0.923. The average Bonchev–Trinajstić information content (AvgIpc) is 2.40. The minimum Gasteiger partial charge on any atom is -0.480 e. The number of benzene rings is 1. The van der Waals surface area contributed by atoms with Gasteiger partial charge in [-0.3, -0.25) is 4.79 Å². The van der Waals surface area contributed by atoms with Gasteiger partial charge >= 0.3 is 5.97 Å². The maximum atomic E-state index is 10.9. The van der Waals surface area contributed by atoms with Gasteiger partial charge in [-0.25, -0.2) is 0 Å². The van der Waals surface area contributed by atoms with Crippen LogP contribution in [0.1, 0.15) is 49.1 Å². The van der Waals surface area contributed by atoms with Crippen LogP contribution in [0.15, 0.2) is 24.3 Å². The SMILES string of the molecule is NC(Cc1ccccc1C1CCCCC1)C(=O)O. The zero-order valence-electron chi connectivity index (χ0n) is 10.6. The van der Waals surface area contributed by atoms with Crippen LogP contribution in [0.2, 0.25) is 0 Å². The molecule has 1 atom stereocenters. The molecule has 0 spiro atoms. The number of carbonyl (C=O) groups is 1. The summed E-state index contributed by atoms with van der Waals surface area (Å²) in [6.45, 7) is 0. The predicted octanol–water partition coefficient (Wildman–Crippen LogP) is 2.69. The van der Waals surface area contributed by atoms with Crippen molar-refractivity contribution in [3.63, 3.8) is 0 Å². The summed E-state index contributed by atoms with van der Waals surface area (Å²) in [6, 6.07) is 7.37. The summed E-state index contributed by atoms with van der Waals surface area (Å²) in [7, 11) is 0. The number of nitrogens with two attached hydrogens (primary N) is 1. The first-order chi connectivity index (χ1) is 8.68. The Morgan fingerprint density at radius 2 is 1.94 bits per heavy atom. The zero-order valence-corrected chi connectivity index (χ0v) is 10.6. The lowest BCUT2D eigenvalue weighted by molar-refractivity contribution is -0.138. The monoisotopic (exact) mass is 247 g/mol. The Bertz CT molecular complexity index is 411. The Kier molecular flexibility index (Phi) is 4.37. The molecule has 1 aliphatic rings. The van der Waals surface area contributed by atoms with Crippen LogP contribution >= 0.6 is 0 Å². The van der Waals surface area contributed by atoms with Crippen molar-refractivity contribution in [1.82, 2.24) is 0 Å². The van der Waals surface area contributed by atoms with Crippen molar-refractivity contribution < 1.29 is 9.90 Å². The van der Waals surface area contributed by atoms with E-state index in [0.29, 0.717) is 12.3 Å². The first-order valence-electron chi connectivity index (χ1n) is 6.74. The van der Waals surface area contributed by atoms with Gasteiger partial charge in [0.25, 0.3) is 0 Å². The average molecular weight is 247 g/mol. The first kappa shape index (κ1) is 13.1. The topological polar surface area (TPSA) is 63.3 Å². The molecule has 98 valence electrons. The maximum Gasteiger partial charge on any atom is 0.320 e. The summed E-state index contributed by atoms with van der Waals surface area (Å²) in [5.74, 6) is -0.329. The molecule has 0 aromatic heterocycles. The van der Waals surface area contributed by atoms with Gasteiger partial charge in [0.05, 0.1) is 0 Å². The van der Waals surface area contributed by atoms with Crippen LogP contribution in [0.5, 0.6) is 0 Å². The van der Waals surface area contributed by atoms with Crippen molar-refractivity contribution in [2.75, 3.05) is 0 Å². The molecule has 1 aliphatic carbocycles. The molecule has 0 aliphatic heterocycles. The van der Waals surface area contributed by atoms with E-state index in [1.165, 1.54) is 37.7 Å². The Hall–Kier alpha value is -1.35. The molecule has 18 heavy (non-hydrogen) atoms.